The molecule has 0 fully saturated rings. The molecule has 23 heavy (non-hydrogen) atoms. The van der Waals surface area contributed by atoms with Gasteiger partial charge in [0, 0.05) is 24.9 Å². The summed E-state index contributed by atoms with van der Waals surface area (Å²) in [5, 5.41) is 6.10. The molecule has 1 aromatic carbocycles. The molecule has 0 unspecified atom stereocenters. The number of sulfone groups is 1. The van der Waals surface area contributed by atoms with Crippen LogP contribution >= 0.6 is 0 Å². The summed E-state index contributed by atoms with van der Waals surface area (Å²) in [6.45, 7) is 3.85. The summed E-state index contributed by atoms with van der Waals surface area (Å²) < 4.78 is 40.7. The van der Waals surface area contributed by atoms with Crippen molar-refractivity contribution in [3.63, 3.8) is 0 Å². The van der Waals surface area contributed by atoms with Crippen LogP contribution in [0.5, 0.6) is 0 Å². The van der Waals surface area contributed by atoms with E-state index in [2.05, 4.69) is 15.6 Å². The highest BCUT2D eigenvalue weighted by Crippen LogP contribution is 2.07. The highest BCUT2D eigenvalue weighted by molar-refractivity contribution is 7.90. The minimum atomic E-state index is -3.00. The van der Waals surface area contributed by atoms with Gasteiger partial charge in [0.1, 0.15) is 15.7 Å². The second-order valence-electron chi connectivity index (χ2n) is 4.96. The molecule has 0 saturated carbocycles. The maximum atomic E-state index is 13.5. The lowest BCUT2D eigenvalue weighted by molar-refractivity contribution is 0.154. The van der Waals surface area contributed by atoms with Gasteiger partial charge in [-0.2, -0.15) is 0 Å². The number of halogens is 1. The second kappa shape index (κ2) is 10.2. The third-order valence-electron chi connectivity index (χ3n) is 2.85. The minimum absolute atomic E-state index is 0.00837. The first-order valence-electron chi connectivity index (χ1n) is 7.43. The van der Waals surface area contributed by atoms with Crippen LogP contribution in [0.3, 0.4) is 0 Å². The Hall–Kier alpha value is -1.67. The number of benzene rings is 1. The van der Waals surface area contributed by atoms with E-state index in [1.807, 2.05) is 6.92 Å². The van der Waals surface area contributed by atoms with Crippen molar-refractivity contribution in [3.8, 4) is 0 Å². The first-order valence-corrected chi connectivity index (χ1v) is 9.49. The molecule has 0 bridgehead atoms. The van der Waals surface area contributed by atoms with E-state index in [0.29, 0.717) is 31.2 Å². The first-order chi connectivity index (χ1) is 10.9. The molecule has 0 heterocycles. The lowest BCUT2D eigenvalue weighted by atomic mass is 10.2. The maximum Gasteiger partial charge on any atom is 0.191 e. The number of aliphatic imine (C=N–C) groups is 1. The highest BCUT2D eigenvalue weighted by Gasteiger charge is 2.03. The SMILES string of the molecule is CCNC(=NCc1ccccc1F)NCCOCCS(C)(=O)=O. The van der Waals surface area contributed by atoms with Gasteiger partial charge in [0.25, 0.3) is 0 Å². The van der Waals surface area contributed by atoms with Gasteiger partial charge in [-0.15, -0.1) is 0 Å². The number of nitrogens with zero attached hydrogens (tertiary/aromatic N) is 1. The van der Waals surface area contributed by atoms with Crippen LogP contribution in [0, 0.1) is 5.82 Å². The Labute approximate surface area is 137 Å². The largest absolute Gasteiger partial charge is 0.379 e. The van der Waals surface area contributed by atoms with Crippen molar-refractivity contribution >= 4 is 15.8 Å². The van der Waals surface area contributed by atoms with Crippen molar-refractivity contribution in [1.82, 2.24) is 10.6 Å². The van der Waals surface area contributed by atoms with Crippen molar-refractivity contribution in [2.75, 3.05) is 38.3 Å². The molecule has 1 aromatic rings. The highest BCUT2D eigenvalue weighted by atomic mass is 32.2. The lowest BCUT2D eigenvalue weighted by Crippen LogP contribution is -2.39. The summed E-state index contributed by atoms with van der Waals surface area (Å²) in [6.07, 6.45) is 1.17. The smallest absolute Gasteiger partial charge is 0.191 e. The normalized spacial score (nSPS) is 12.2. The third-order valence-corrected chi connectivity index (χ3v) is 3.76. The number of hydrogen-bond acceptors (Lipinski definition) is 4. The van der Waals surface area contributed by atoms with Gasteiger partial charge in [-0.05, 0) is 13.0 Å². The minimum Gasteiger partial charge on any atom is -0.379 e. The third kappa shape index (κ3) is 9.14. The van der Waals surface area contributed by atoms with Crippen LogP contribution in [-0.2, 0) is 21.1 Å². The molecule has 0 aliphatic heterocycles. The van der Waals surface area contributed by atoms with Crippen molar-refractivity contribution in [1.29, 1.82) is 0 Å². The molecule has 1 rings (SSSR count). The Bertz CT molecular complexity index is 606. The van der Waals surface area contributed by atoms with Crippen LogP contribution in [0.15, 0.2) is 29.3 Å². The summed E-state index contributed by atoms with van der Waals surface area (Å²) in [7, 11) is -3.00. The molecule has 0 aromatic heterocycles. The van der Waals surface area contributed by atoms with Gasteiger partial charge >= 0.3 is 0 Å². The predicted octanol–water partition coefficient (Wildman–Crippen LogP) is 0.942. The van der Waals surface area contributed by atoms with Crippen molar-refractivity contribution in [3.05, 3.63) is 35.6 Å². The fraction of sp³-hybridized carbons (Fsp3) is 0.533. The van der Waals surface area contributed by atoms with Gasteiger partial charge in [-0.1, -0.05) is 18.2 Å². The van der Waals surface area contributed by atoms with Gasteiger partial charge in [-0.25, -0.2) is 17.8 Å². The molecule has 8 heteroatoms. The molecule has 6 nitrogen and oxygen atoms in total. The van der Waals surface area contributed by atoms with Crippen molar-refractivity contribution in [2.24, 2.45) is 4.99 Å². The number of rotatable bonds is 9. The number of hydrogen-bond donors (Lipinski definition) is 2. The van der Waals surface area contributed by atoms with Crippen LogP contribution in [0.25, 0.3) is 0 Å². The van der Waals surface area contributed by atoms with E-state index in [1.165, 1.54) is 12.3 Å². The van der Waals surface area contributed by atoms with Gasteiger partial charge in [0.05, 0.1) is 25.5 Å². The molecule has 0 atom stereocenters. The molecule has 0 aliphatic rings. The molecule has 0 spiro atoms. The van der Waals surface area contributed by atoms with E-state index >= 15 is 0 Å². The van der Waals surface area contributed by atoms with Gasteiger partial charge in [0.15, 0.2) is 5.96 Å². The summed E-state index contributed by atoms with van der Waals surface area (Å²) in [4.78, 5) is 4.30. The summed E-state index contributed by atoms with van der Waals surface area (Å²) in [6, 6.07) is 6.50. The van der Waals surface area contributed by atoms with Gasteiger partial charge in [0.2, 0.25) is 0 Å². The van der Waals surface area contributed by atoms with Gasteiger partial charge in [-0.3, -0.25) is 0 Å². The Morgan fingerprint density at radius 1 is 1.26 bits per heavy atom. The van der Waals surface area contributed by atoms with E-state index < -0.39 is 9.84 Å². The average molecular weight is 345 g/mol. The van der Waals surface area contributed by atoms with E-state index in [1.54, 1.807) is 18.2 Å². The molecule has 2 N–H and O–H groups in total. The van der Waals surface area contributed by atoms with E-state index in [9.17, 15) is 12.8 Å². The average Bonchev–Trinajstić information content (AvgIpc) is 2.48. The zero-order chi connectivity index (χ0) is 17.1. The zero-order valence-electron chi connectivity index (χ0n) is 13.5. The van der Waals surface area contributed by atoms with Crippen molar-refractivity contribution in [2.45, 2.75) is 13.5 Å². The number of ether oxygens (including phenoxy) is 1. The topological polar surface area (TPSA) is 79.8 Å². The quantitative estimate of drug-likeness (QED) is 0.396. The molecule has 0 saturated heterocycles. The molecule has 0 aliphatic carbocycles. The van der Waals surface area contributed by atoms with Crippen LogP contribution in [0.2, 0.25) is 0 Å². The van der Waals surface area contributed by atoms with E-state index in [0.717, 1.165) is 0 Å². The first kappa shape index (κ1) is 19.4. The van der Waals surface area contributed by atoms with Crippen molar-refractivity contribution < 1.29 is 17.5 Å². The van der Waals surface area contributed by atoms with Crippen LogP contribution in [0.4, 0.5) is 4.39 Å². The molecular weight excluding hydrogens is 321 g/mol. The monoisotopic (exact) mass is 345 g/mol. The maximum absolute atomic E-state index is 13.5. The zero-order valence-corrected chi connectivity index (χ0v) is 14.3. The van der Waals surface area contributed by atoms with Crippen LogP contribution in [0.1, 0.15) is 12.5 Å². The standard InChI is InChI=1S/C15H24FN3O3S/c1-3-17-15(18-8-9-22-10-11-23(2,20)21)19-12-13-6-4-5-7-14(13)16/h4-7H,3,8-12H2,1-2H3,(H2,17,18,19). The number of nitrogens with one attached hydrogen (secondary N) is 2. The van der Waals surface area contributed by atoms with Crippen LogP contribution in [-0.4, -0.2) is 52.7 Å². The van der Waals surface area contributed by atoms with Gasteiger partial charge < -0.3 is 15.4 Å². The predicted molar refractivity (Wildman–Crippen MR) is 89.7 cm³/mol. The fourth-order valence-corrected chi connectivity index (χ4v) is 2.11. The Balaban J connectivity index is 2.37. The fourth-order valence-electron chi connectivity index (χ4n) is 1.69. The number of guanidine groups is 1. The Morgan fingerprint density at radius 2 is 2.00 bits per heavy atom. The Kier molecular flexibility index (Phi) is 8.57. The van der Waals surface area contributed by atoms with E-state index in [-0.39, 0.29) is 24.7 Å². The molecule has 0 amide bonds. The molecule has 0 radical (unpaired) electrons. The van der Waals surface area contributed by atoms with E-state index in [4.69, 9.17) is 4.74 Å². The molecule has 130 valence electrons. The van der Waals surface area contributed by atoms with Crippen LogP contribution < -0.4 is 10.6 Å². The summed E-state index contributed by atoms with van der Waals surface area (Å²) >= 11 is 0. The second-order valence-corrected chi connectivity index (χ2v) is 7.22. The Morgan fingerprint density at radius 3 is 2.65 bits per heavy atom. The summed E-state index contributed by atoms with van der Waals surface area (Å²) in [5.74, 6) is 0.285. The summed E-state index contributed by atoms with van der Waals surface area (Å²) in [5.41, 5.74) is 0.522. The lowest BCUT2D eigenvalue weighted by Gasteiger charge is -2.11. The molecular formula is C15H24FN3O3S.